The van der Waals surface area contributed by atoms with Crippen LogP contribution < -0.4 is 5.32 Å². The number of halogens is 1. The van der Waals surface area contributed by atoms with Gasteiger partial charge < -0.3 is 5.32 Å². The molecule has 0 aliphatic heterocycles. The van der Waals surface area contributed by atoms with Crippen molar-refractivity contribution >= 4 is 29.3 Å². The van der Waals surface area contributed by atoms with Crippen LogP contribution in [0.5, 0.6) is 0 Å². The number of amides is 1. The number of nitrogens with one attached hydrogen (secondary N) is 1. The summed E-state index contributed by atoms with van der Waals surface area (Å²) in [5, 5.41) is 3.66. The van der Waals surface area contributed by atoms with Gasteiger partial charge in [-0.05, 0) is 36.8 Å². The third-order valence-corrected chi connectivity index (χ3v) is 4.09. The SMILES string of the molecule is CC(NC(=O)CSc1ccccc1)c1cccc(Cl)c1. The molecule has 0 aromatic heterocycles. The summed E-state index contributed by atoms with van der Waals surface area (Å²) in [5.74, 6) is 0.431. The van der Waals surface area contributed by atoms with Crippen molar-refractivity contribution < 1.29 is 4.79 Å². The fourth-order valence-electron chi connectivity index (χ4n) is 1.81. The van der Waals surface area contributed by atoms with Gasteiger partial charge >= 0.3 is 0 Å². The molecule has 0 saturated heterocycles. The van der Waals surface area contributed by atoms with Gasteiger partial charge in [0.15, 0.2) is 0 Å². The van der Waals surface area contributed by atoms with Crippen molar-refractivity contribution in [3.05, 3.63) is 65.2 Å². The molecular weight excluding hydrogens is 290 g/mol. The highest BCUT2D eigenvalue weighted by Crippen LogP contribution is 2.19. The van der Waals surface area contributed by atoms with E-state index in [2.05, 4.69) is 5.32 Å². The minimum atomic E-state index is -0.0439. The van der Waals surface area contributed by atoms with E-state index >= 15 is 0 Å². The number of hydrogen-bond donors (Lipinski definition) is 1. The average Bonchev–Trinajstić information content (AvgIpc) is 2.46. The van der Waals surface area contributed by atoms with E-state index in [9.17, 15) is 4.79 Å². The van der Waals surface area contributed by atoms with Crippen LogP contribution in [0.15, 0.2) is 59.5 Å². The maximum atomic E-state index is 11.9. The normalized spacial score (nSPS) is 11.9. The molecule has 0 heterocycles. The Labute approximate surface area is 128 Å². The van der Waals surface area contributed by atoms with Crippen molar-refractivity contribution in [2.45, 2.75) is 17.9 Å². The maximum absolute atomic E-state index is 11.9. The summed E-state index contributed by atoms with van der Waals surface area (Å²) in [6.07, 6.45) is 0. The van der Waals surface area contributed by atoms with Crippen molar-refractivity contribution in [2.24, 2.45) is 0 Å². The molecule has 1 N–H and O–H groups in total. The molecule has 2 aromatic rings. The van der Waals surface area contributed by atoms with Gasteiger partial charge in [-0.15, -0.1) is 11.8 Å². The van der Waals surface area contributed by atoms with Crippen LogP contribution in [-0.4, -0.2) is 11.7 Å². The van der Waals surface area contributed by atoms with E-state index in [1.165, 1.54) is 11.8 Å². The zero-order valence-electron chi connectivity index (χ0n) is 11.2. The molecule has 2 rings (SSSR count). The van der Waals surface area contributed by atoms with Crippen LogP contribution in [0.25, 0.3) is 0 Å². The van der Waals surface area contributed by atoms with Crippen molar-refractivity contribution in [1.82, 2.24) is 5.32 Å². The highest BCUT2D eigenvalue weighted by molar-refractivity contribution is 8.00. The lowest BCUT2D eigenvalue weighted by Crippen LogP contribution is -2.28. The van der Waals surface area contributed by atoms with Crippen LogP contribution in [0.1, 0.15) is 18.5 Å². The fourth-order valence-corrected chi connectivity index (χ4v) is 2.74. The second-order valence-electron chi connectivity index (χ2n) is 4.45. The summed E-state index contributed by atoms with van der Waals surface area (Å²) in [6.45, 7) is 1.96. The highest BCUT2D eigenvalue weighted by Gasteiger charge is 2.10. The molecule has 104 valence electrons. The molecule has 1 amide bonds. The summed E-state index contributed by atoms with van der Waals surface area (Å²) in [5.41, 5.74) is 1.01. The molecule has 0 radical (unpaired) electrons. The summed E-state index contributed by atoms with van der Waals surface area (Å²) >= 11 is 7.48. The fraction of sp³-hybridized carbons (Fsp3) is 0.188. The summed E-state index contributed by atoms with van der Waals surface area (Å²) in [4.78, 5) is 13.0. The number of benzene rings is 2. The second-order valence-corrected chi connectivity index (χ2v) is 5.93. The zero-order chi connectivity index (χ0) is 14.4. The Hall–Kier alpha value is -1.45. The van der Waals surface area contributed by atoms with Crippen LogP contribution >= 0.6 is 23.4 Å². The summed E-state index contributed by atoms with van der Waals surface area (Å²) in [7, 11) is 0. The van der Waals surface area contributed by atoms with Gasteiger partial charge in [-0.1, -0.05) is 41.9 Å². The van der Waals surface area contributed by atoms with Crippen LogP contribution in [0.3, 0.4) is 0 Å². The lowest BCUT2D eigenvalue weighted by atomic mass is 10.1. The van der Waals surface area contributed by atoms with Crippen LogP contribution in [-0.2, 0) is 4.79 Å². The molecule has 1 unspecified atom stereocenters. The van der Waals surface area contributed by atoms with E-state index in [0.29, 0.717) is 10.8 Å². The smallest absolute Gasteiger partial charge is 0.230 e. The molecule has 2 aromatic carbocycles. The molecule has 0 bridgehead atoms. The van der Waals surface area contributed by atoms with Gasteiger partial charge in [0.05, 0.1) is 11.8 Å². The maximum Gasteiger partial charge on any atom is 0.230 e. The molecule has 20 heavy (non-hydrogen) atoms. The van der Waals surface area contributed by atoms with E-state index < -0.39 is 0 Å². The number of hydrogen-bond acceptors (Lipinski definition) is 2. The van der Waals surface area contributed by atoms with Crippen LogP contribution in [0, 0.1) is 0 Å². The Morgan fingerprint density at radius 3 is 2.65 bits per heavy atom. The predicted molar refractivity (Wildman–Crippen MR) is 85.2 cm³/mol. The van der Waals surface area contributed by atoms with Crippen LogP contribution in [0.4, 0.5) is 0 Å². The monoisotopic (exact) mass is 305 g/mol. The van der Waals surface area contributed by atoms with Crippen molar-refractivity contribution in [3.63, 3.8) is 0 Å². The minimum Gasteiger partial charge on any atom is -0.349 e. The van der Waals surface area contributed by atoms with Gasteiger partial charge in [0, 0.05) is 9.92 Å². The highest BCUT2D eigenvalue weighted by atomic mass is 35.5. The van der Waals surface area contributed by atoms with E-state index in [1.54, 1.807) is 0 Å². The second kappa shape index (κ2) is 7.36. The molecule has 0 aliphatic rings. The summed E-state index contributed by atoms with van der Waals surface area (Å²) in [6, 6.07) is 17.4. The number of thioether (sulfide) groups is 1. The third-order valence-electron chi connectivity index (χ3n) is 2.84. The average molecular weight is 306 g/mol. The van der Waals surface area contributed by atoms with E-state index in [4.69, 9.17) is 11.6 Å². The van der Waals surface area contributed by atoms with Gasteiger partial charge in [-0.2, -0.15) is 0 Å². The van der Waals surface area contributed by atoms with Crippen molar-refractivity contribution in [3.8, 4) is 0 Å². The van der Waals surface area contributed by atoms with Crippen molar-refractivity contribution in [1.29, 1.82) is 0 Å². The molecule has 0 spiro atoms. The standard InChI is InChI=1S/C16H16ClNOS/c1-12(13-6-5-7-14(17)10-13)18-16(19)11-20-15-8-3-2-4-9-15/h2-10,12H,11H2,1H3,(H,18,19). The van der Waals surface area contributed by atoms with Gasteiger partial charge in [-0.3, -0.25) is 4.79 Å². The molecule has 1 atom stereocenters. The van der Waals surface area contributed by atoms with Gasteiger partial charge in [0.2, 0.25) is 5.91 Å². The zero-order valence-corrected chi connectivity index (χ0v) is 12.7. The Bertz CT molecular complexity index is 574. The van der Waals surface area contributed by atoms with Crippen LogP contribution in [0.2, 0.25) is 5.02 Å². The lowest BCUT2D eigenvalue weighted by molar-refractivity contribution is -0.119. The molecular formula is C16H16ClNOS. The molecule has 0 fully saturated rings. The Morgan fingerprint density at radius 1 is 1.20 bits per heavy atom. The predicted octanol–water partition coefficient (Wildman–Crippen LogP) is 4.31. The van der Waals surface area contributed by atoms with Gasteiger partial charge in [-0.25, -0.2) is 0 Å². The molecule has 4 heteroatoms. The number of rotatable bonds is 5. The third kappa shape index (κ3) is 4.58. The Morgan fingerprint density at radius 2 is 1.95 bits per heavy atom. The number of carbonyl (C=O) groups is 1. The first kappa shape index (κ1) is 14.9. The molecule has 0 saturated carbocycles. The largest absolute Gasteiger partial charge is 0.349 e. The lowest BCUT2D eigenvalue weighted by Gasteiger charge is -2.14. The van der Waals surface area contributed by atoms with Crippen molar-refractivity contribution in [2.75, 3.05) is 5.75 Å². The van der Waals surface area contributed by atoms with E-state index in [1.807, 2.05) is 61.5 Å². The minimum absolute atomic E-state index is 0.0197. The topological polar surface area (TPSA) is 29.1 Å². The van der Waals surface area contributed by atoms with E-state index in [-0.39, 0.29) is 11.9 Å². The van der Waals surface area contributed by atoms with Gasteiger partial charge in [0.25, 0.3) is 0 Å². The Kier molecular flexibility index (Phi) is 5.50. The van der Waals surface area contributed by atoms with Gasteiger partial charge in [0.1, 0.15) is 0 Å². The molecule has 0 aliphatic carbocycles. The first-order chi connectivity index (χ1) is 9.65. The first-order valence-electron chi connectivity index (χ1n) is 6.38. The number of carbonyl (C=O) groups excluding carboxylic acids is 1. The first-order valence-corrected chi connectivity index (χ1v) is 7.74. The Balaban J connectivity index is 1.85. The quantitative estimate of drug-likeness (QED) is 0.834. The van der Waals surface area contributed by atoms with E-state index in [0.717, 1.165) is 10.5 Å². The molecule has 2 nitrogen and oxygen atoms in total. The summed E-state index contributed by atoms with van der Waals surface area (Å²) < 4.78 is 0.